The van der Waals surface area contributed by atoms with Crippen molar-refractivity contribution in [1.82, 2.24) is 21.9 Å². The Morgan fingerprint density at radius 1 is 0.833 bits per heavy atom. The molecular formula is C8H19N4. The molecule has 1 fully saturated rings. The molecule has 0 spiro atoms. The zero-order chi connectivity index (χ0) is 8.49. The Balaban J connectivity index is 2.00. The van der Waals surface area contributed by atoms with Gasteiger partial charge in [0.2, 0.25) is 0 Å². The number of hydrazine groups is 2. The van der Waals surface area contributed by atoms with Crippen molar-refractivity contribution in [2.45, 2.75) is 38.5 Å². The Hall–Kier alpha value is -0.160. The van der Waals surface area contributed by atoms with Gasteiger partial charge in [0.15, 0.2) is 0 Å². The van der Waals surface area contributed by atoms with Crippen molar-refractivity contribution in [3.8, 4) is 0 Å². The molecule has 0 amide bonds. The maximum Gasteiger partial charge on any atom is 0.0318 e. The molecule has 3 N–H and O–H groups in total. The molecule has 1 radical (unpaired) electrons. The van der Waals surface area contributed by atoms with Gasteiger partial charge in [-0.25, -0.2) is 5.43 Å². The standard InChI is InChI=1S/C8H19N4/c1-2-4-6-8-10-12-11-9-7-5-3-1/h9,11-12H,1-8H2. The van der Waals surface area contributed by atoms with Gasteiger partial charge in [0.25, 0.3) is 0 Å². The topological polar surface area (TPSA) is 50.2 Å². The third-order valence-corrected chi connectivity index (χ3v) is 2.05. The van der Waals surface area contributed by atoms with Crippen LogP contribution < -0.4 is 21.9 Å². The monoisotopic (exact) mass is 171 g/mol. The molecule has 0 aromatic rings. The Labute approximate surface area is 74.4 Å². The first-order valence-corrected chi connectivity index (χ1v) is 4.89. The normalized spacial score (nSPS) is 24.0. The molecule has 0 unspecified atom stereocenters. The van der Waals surface area contributed by atoms with Gasteiger partial charge in [-0.3, -0.25) is 0 Å². The maximum absolute atomic E-state index is 4.08. The minimum absolute atomic E-state index is 0.911. The molecule has 1 aliphatic heterocycles. The van der Waals surface area contributed by atoms with E-state index in [1.165, 1.54) is 38.5 Å². The zero-order valence-electron chi connectivity index (χ0n) is 7.60. The van der Waals surface area contributed by atoms with E-state index < -0.39 is 0 Å². The summed E-state index contributed by atoms with van der Waals surface area (Å²) in [7, 11) is 0. The molecule has 1 saturated heterocycles. The number of rotatable bonds is 0. The first-order valence-electron chi connectivity index (χ1n) is 4.89. The molecule has 1 heterocycles. The van der Waals surface area contributed by atoms with Crippen LogP contribution in [-0.4, -0.2) is 13.1 Å². The Bertz CT molecular complexity index is 54.0. The maximum atomic E-state index is 4.08. The number of nitrogens with one attached hydrogen (secondary N) is 3. The molecule has 0 atom stereocenters. The second kappa shape index (κ2) is 7.49. The van der Waals surface area contributed by atoms with E-state index in [1.807, 2.05) is 0 Å². The largest absolute Gasteiger partial charge is 0.243 e. The molecule has 4 nitrogen and oxygen atoms in total. The highest BCUT2D eigenvalue weighted by atomic mass is 15.7. The van der Waals surface area contributed by atoms with E-state index in [9.17, 15) is 0 Å². The van der Waals surface area contributed by atoms with Gasteiger partial charge in [-0.05, 0) is 12.8 Å². The van der Waals surface area contributed by atoms with Crippen molar-refractivity contribution in [2.75, 3.05) is 13.1 Å². The average molecular weight is 171 g/mol. The molecule has 4 heteroatoms. The van der Waals surface area contributed by atoms with E-state index >= 15 is 0 Å². The van der Waals surface area contributed by atoms with Crippen LogP contribution in [0.3, 0.4) is 0 Å². The lowest BCUT2D eigenvalue weighted by atomic mass is 10.1. The minimum Gasteiger partial charge on any atom is -0.243 e. The summed E-state index contributed by atoms with van der Waals surface area (Å²) >= 11 is 0. The number of hydrogen-bond donors (Lipinski definition) is 3. The smallest absolute Gasteiger partial charge is 0.0318 e. The summed E-state index contributed by atoms with van der Waals surface area (Å²) in [5.74, 6) is 0. The Kier molecular flexibility index (Phi) is 6.19. The molecule has 1 rings (SSSR count). The summed E-state index contributed by atoms with van der Waals surface area (Å²) in [6.45, 7) is 1.93. The third kappa shape index (κ3) is 5.49. The summed E-state index contributed by atoms with van der Waals surface area (Å²) < 4.78 is 0. The lowest BCUT2D eigenvalue weighted by Gasteiger charge is -2.09. The van der Waals surface area contributed by atoms with Crippen LogP contribution in [0.4, 0.5) is 0 Å². The lowest BCUT2D eigenvalue weighted by molar-refractivity contribution is 0.348. The van der Waals surface area contributed by atoms with Crippen LogP contribution in [0.15, 0.2) is 0 Å². The number of nitrogens with zero attached hydrogens (tertiary/aromatic N) is 1. The second-order valence-corrected chi connectivity index (χ2v) is 3.17. The fourth-order valence-corrected chi connectivity index (χ4v) is 1.31. The molecule has 0 bridgehead atoms. The summed E-state index contributed by atoms with van der Waals surface area (Å²) in [6, 6.07) is 0. The van der Waals surface area contributed by atoms with E-state index in [4.69, 9.17) is 0 Å². The summed E-state index contributed by atoms with van der Waals surface area (Å²) in [6.07, 6.45) is 7.84. The van der Waals surface area contributed by atoms with Gasteiger partial charge in [-0.15, -0.1) is 5.43 Å². The van der Waals surface area contributed by atoms with Gasteiger partial charge in [0.05, 0.1) is 0 Å². The van der Waals surface area contributed by atoms with E-state index in [-0.39, 0.29) is 0 Å². The fraction of sp³-hybridized carbons (Fsp3) is 1.00. The van der Waals surface area contributed by atoms with Crippen LogP contribution in [0.1, 0.15) is 38.5 Å². The van der Waals surface area contributed by atoms with Crippen LogP contribution in [0.25, 0.3) is 0 Å². The molecule has 0 aromatic heterocycles. The van der Waals surface area contributed by atoms with Crippen molar-refractivity contribution >= 4 is 0 Å². The SMILES string of the molecule is C1CCCCNNN[N]CCC1. The fourth-order valence-electron chi connectivity index (χ4n) is 1.31. The van der Waals surface area contributed by atoms with Gasteiger partial charge in [-0.1, -0.05) is 25.7 Å². The molecular weight excluding hydrogens is 152 g/mol. The molecule has 0 aromatic carbocycles. The van der Waals surface area contributed by atoms with Crippen molar-refractivity contribution in [3.63, 3.8) is 0 Å². The van der Waals surface area contributed by atoms with E-state index in [0.29, 0.717) is 0 Å². The minimum atomic E-state index is 0.911. The first-order chi connectivity index (χ1) is 6.00. The summed E-state index contributed by atoms with van der Waals surface area (Å²) in [5.41, 5.74) is 12.7. The van der Waals surface area contributed by atoms with Gasteiger partial charge < -0.3 is 0 Å². The second-order valence-electron chi connectivity index (χ2n) is 3.17. The van der Waals surface area contributed by atoms with Crippen molar-refractivity contribution < 1.29 is 0 Å². The zero-order valence-corrected chi connectivity index (χ0v) is 7.60. The Morgan fingerprint density at radius 2 is 1.58 bits per heavy atom. The van der Waals surface area contributed by atoms with E-state index in [2.05, 4.69) is 21.9 Å². The van der Waals surface area contributed by atoms with Crippen LogP contribution in [-0.2, 0) is 0 Å². The average Bonchev–Trinajstić information content (AvgIpc) is 2.05. The molecule has 1 aliphatic rings. The predicted octanol–water partition coefficient (Wildman–Crippen LogP) is 0.459. The summed E-state index contributed by atoms with van der Waals surface area (Å²) in [5, 5.41) is 0. The molecule has 0 saturated carbocycles. The molecule has 12 heavy (non-hydrogen) atoms. The predicted molar refractivity (Wildman–Crippen MR) is 49.0 cm³/mol. The van der Waals surface area contributed by atoms with Crippen molar-refractivity contribution in [1.29, 1.82) is 0 Å². The van der Waals surface area contributed by atoms with E-state index in [0.717, 1.165) is 13.1 Å². The van der Waals surface area contributed by atoms with Gasteiger partial charge in [0, 0.05) is 13.1 Å². The first kappa shape index (κ1) is 9.92. The number of hydrogen-bond acceptors (Lipinski definition) is 3. The van der Waals surface area contributed by atoms with Crippen LogP contribution in [0.5, 0.6) is 0 Å². The third-order valence-electron chi connectivity index (χ3n) is 2.05. The lowest BCUT2D eigenvalue weighted by Crippen LogP contribution is -2.47. The van der Waals surface area contributed by atoms with Crippen LogP contribution in [0, 0.1) is 0 Å². The molecule has 0 aliphatic carbocycles. The van der Waals surface area contributed by atoms with Crippen LogP contribution in [0.2, 0.25) is 0 Å². The van der Waals surface area contributed by atoms with Crippen molar-refractivity contribution in [2.24, 2.45) is 0 Å². The molecule has 71 valence electrons. The quantitative estimate of drug-likeness (QED) is 0.496. The van der Waals surface area contributed by atoms with Gasteiger partial charge >= 0.3 is 0 Å². The Morgan fingerprint density at radius 3 is 2.50 bits per heavy atom. The van der Waals surface area contributed by atoms with Crippen LogP contribution >= 0.6 is 0 Å². The van der Waals surface area contributed by atoms with Gasteiger partial charge in [-0.2, -0.15) is 11.1 Å². The highest BCUT2D eigenvalue weighted by Gasteiger charge is 1.94. The van der Waals surface area contributed by atoms with Gasteiger partial charge in [0.1, 0.15) is 0 Å². The summed E-state index contributed by atoms with van der Waals surface area (Å²) in [4.78, 5) is 0. The van der Waals surface area contributed by atoms with E-state index in [1.54, 1.807) is 0 Å². The highest BCUT2D eigenvalue weighted by molar-refractivity contribution is 4.49. The van der Waals surface area contributed by atoms with Crippen molar-refractivity contribution in [3.05, 3.63) is 0 Å². The highest BCUT2D eigenvalue weighted by Crippen LogP contribution is 2.04.